The Morgan fingerprint density at radius 3 is 1.22 bits per heavy atom. The summed E-state index contributed by atoms with van der Waals surface area (Å²) >= 11 is 0. The van der Waals surface area contributed by atoms with Crippen molar-refractivity contribution in [2.45, 2.75) is 304 Å². The Labute approximate surface area is 550 Å². The van der Waals surface area contributed by atoms with Crippen molar-refractivity contribution in [1.82, 2.24) is 5.32 Å². The quantitative estimate of drug-likeness (QED) is 0.0199. The predicted octanol–water partition coefficient (Wildman–Crippen LogP) is 9.21. The van der Waals surface area contributed by atoms with Crippen molar-refractivity contribution in [2.24, 2.45) is 0 Å². The number of carbonyl (C=O) groups is 1. The lowest BCUT2D eigenvalue weighted by atomic mass is 9.96. The van der Waals surface area contributed by atoms with Crippen LogP contribution in [0.25, 0.3) is 0 Å². The van der Waals surface area contributed by atoms with Gasteiger partial charge < -0.3 is 89.9 Å². The molecule has 0 aromatic rings. The molecule has 3 heterocycles. The summed E-state index contributed by atoms with van der Waals surface area (Å²) in [6.07, 6.45) is 46.0. The van der Waals surface area contributed by atoms with Crippen LogP contribution < -0.4 is 5.32 Å². The first-order chi connectivity index (χ1) is 44.8. The maximum atomic E-state index is 13.4. The third-order valence-electron chi connectivity index (χ3n) is 16.5. The fraction of sp³-hybridized carbons (Fsp3) is 0.712. The second-order valence-electron chi connectivity index (χ2n) is 24.2. The number of aliphatic hydroxyl groups is 11. The molecule has 1 amide bonds. The van der Waals surface area contributed by atoms with Gasteiger partial charge in [-0.25, -0.2) is 0 Å². The molecule has 0 bridgehead atoms. The molecule has 0 spiro atoms. The topological polar surface area (TPSA) is 307 Å². The molecule has 19 nitrogen and oxygen atoms in total. The molecule has 526 valence electrons. The van der Waals surface area contributed by atoms with Crippen LogP contribution in [0, 0.1) is 0 Å². The SMILES string of the molecule is CC/C=C\C/C=C\C/C=C\C/C=C\C/C=C\C/C=C\C/C=C\CCCCCC(=O)NC(COC1OC(CO)C(OC2OC(CO)C(OC3OC(CO)C(O)C(O)C3O)C(O)C2O)C(O)C1O)C(O)/C=C/CC/C=C/CC/C=C/CCCCCCCCCCCCCC. The third-order valence-corrected chi connectivity index (χ3v) is 16.5. The van der Waals surface area contributed by atoms with Crippen molar-refractivity contribution in [3.8, 4) is 0 Å². The van der Waals surface area contributed by atoms with Crippen LogP contribution in [-0.4, -0.2) is 193 Å². The summed E-state index contributed by atoms with van der Waals surface area (Å²) in [5.74, 6) is -0.326. The van der Waals surface area contributed by atoms with E-state index in [1.807, 2.05) is 6.08 Å². The lowest BCUT2D eigenvalue weighted by Crippen LogP contribution is -2.66. The molecule has 3 aliphatic rings. The van der Waals surface area contributed by atoms with Crippen LogP contribution in [0.5, 0.6) is 0 Å². The van der Waals surface area contributed by atoms with Crippen molar-refractivity contribution in [3.63, 3.8) is 0 Å². The van der Waals surface area contributed by atoms with Crippen LogP contribution in [0.1, 0.15) is 200 Å². The highest BCUT2D eigenvalue weighted by Crippen LogP contribution is 2.33. The minimum atomic E-state index is -1.99. The molecule has 92 heavy (non-hydrogen) atoms. The van der Waals surface area contributed by atoms with E-state index in [9.17, 15) is 61.0 Å². The molecule has 0 aromatic carbocycles. The molecule has 3 rings (SSSR count). The number of ether oxygens (including phenoxy) is 6. The van der Waals surface area contributed by atoms with Crippen molar-refractivity contribution in [3.05, 3.63) is 122 Å². The van der Waals surface area contributed by atoms with Crippen LogP contribution in [0.2, 0.25) is 0 Å². The predicted molar refractivity (Wildman–Crippen MR) is 360 cm³/mol. The Bertz CT molecular complexity index is 2140. The van der Waals surface area contributed by atoms with Crippen LogP contribution in [-0.2, 0) is 33.2 Å². The number of aliphatic hydroxyl groups excluding tert-OH is 11. The number of allylic oxidation sites excluding steroid dienone is 19. The van der Waals surface area contributed by atoms with Crippen molar-refractivity contribution in [1.29, 1.82) is 0 Å². The third kappa shape index (κ3) is 34.7. The lowest BCUT2D eigenvalue weighted by molar-refractivity contribution is -0.379. The average Bonchev–Trinajstić information content (AvgIpc) is 0.837. The maximum Gasteiger partial charge on any atom is 0.220 e. The molecule has 17 atom stereocenters. The van der Waals surface area contributed by atoms with Crippen LogP contribution in [0.3, 0.4) is 0 Å². The highest BCUT2D eigenvalue weighted by molar-refractivity contribution is 5.76. The summed E-state index contributed by atoms with van der Waals surface area (Å²) in [4.78, 5) is 13.4. The van der Waals surface area contributed by atoms with E-state index in [2.05, 4.69) is 129 Å². The van der Waals surface area contributed by atoms with Crippen molar-refractivity contribution in [2.75, 3.05) is 26.4 Å². The van der Waals surface area contributed by atoms with E-state index in [4.69, 9.17) is 28.4 Å². The molecule has 0 aromatic heterocycles. The molecule has 3 saturated heterocycles. The molecule has 0 saturated carbocycles. The smallest absolute Gasteiger partial charge is 0.220 e. The number of carbonyl (C=O) groups excluding carboxylic acids is 1. The fourth-order valence-corrected chi connectivity index (χ4v) is 10.8. The molecule has 17 unspecified atom stereocenters. The Hall–Kier alpha value is -3.81. The molecule has 12 N–H and O–H groups in total. The minimum absolute atomic E-state index is 0.184. The number of amides is 1. The van der Waals surface area contributed by atoms with E-state index >= 15 is 0 Å². The van der Waals surface area contributed by atoms with Gasteiger partial charge in [0.05, 0.1) is 38.6 Å². The Balaban J connectivity index is 1.48. The first-order valence-electron chi connectivity index (χ1n) is 34.8. The van der Waals surface area contributed by atoms with Crippen LogP contribution in [0.15, 0.2) is 122 Å². The summed E-state index contributed by atoms with van der Waals surface area (Å²) in [5.41, 5.74) is 0. The maximum absolute atomic E-state index is 13.4. The second kappa shape index (κ2) is 53.3. The second-order valence-corrected chi connectivity index (χ2v) is 24.2. The van der Waals surface area contributed by atoms with E-state index in [0.717, 1.165) is 89.9 Å². The number of hydrogen-bond acceptors (Lipinski definition) is 18. The summed E-state index contributed by atoms with van der Waals surface area (Å²) in [6, 6.07) is -1.02. The zero-order chi connectivity index (χ0) is 66.8. The normalized spacial score (nSPS) is 28.5. The average molecular weight is 1300 g/mol. The van der Waals surface area contributed by atoms with Gasteiger partial charge in [-0.1, -0.05) is 212 Å². The monoisotopic (exact) mass is 1300 g/mol. The summed E-state index contributed by atoms with van der Waals surface area (Å²) < 4.78 is 34.3. The first-order valence-corrected chi connectivity index (χ1v) is 34.8. The van der Waals surface area contributed by atoms with Gasteiger partial charge in [-0.05, 0) is 103 Å². The van der Waals surface area contributed by atoms with E-state index in [1.165, 1.54) is 77.0 Å². The molecule has 19 heteroatoms. The van der Waals surface area contributed by atoms with E-state index in [1.54, 1.807) is 6.08 Å². The first kappa shape index (κ1) is 82.4. The molecular formula is C73H121NO18. The van der Waals surface area contributed by atoms with E-state index < -0.39 is 131 Å². The van der Waals surface area contributed by atoms with Gasteiger partial charge in [0.2, 0.25) is 5.91 Å². The standard InChI is InChI=1S/C73H121NO18/c1-3-5-7-9-11-13-15-17-19-21-23-25-27-28-29-31-33-35-37-39-41-43-45-47-49-51-61(79)74-56(57(78)50-48-46-44-42-40-38-36-34-32-30-26-24-22-20-18-16-14-12-10-8-6-4-2)55-87-71-67(85)64(82)69(59(53-76)89-71)92-73-68(86)65(83)70(60(54-77)90-73)91-72-66(84)63(81)62(80)58(52-75)88-72/h5,7,11,13,17,19,23,25,28-29,32-35,39-42,48,50,56-60,62-73,75-78,80-86H,3-4,6,8-10,12,14-16,18,20-22,24,26-27,30-31,36-38,43-47,49,51-55H2,1-2H3,(H,74,79)/b7-5-,13-11-,19-17-,25-23-,29-28-,34-32+,35-33-,41-39-,42-40+,50-48+. The summed E-state index contributed by atoms with van der Waals surface area (Å²) in [6.45, 7) is 1.55. The van der Waals surface area contributed by atoms with Gasteiger partial charge in [0.25, 0.3) is 0 Å². The van der Waals surface area contributed by atoms with Gasteiger partial charge in [0, 0.05) is 6.42 Å². The number of rotatable bonds is 51. The Morgan fingerprint density at radius 2 is 0.761 bits per heavy atom. The zero-order valence-corrected chi connectivity index (χ0v) is 55.5. The van der Waals surface area contributed by atoms with Crippen LogP contribution in [0.4, 0.5) is 0 Å². The van der Waals surface area contributed by atoms with Gasteiger partial charge in [-0.2, -0.15) is 0 Å². The van der Waals surface area contributed by atoms with Gasteiger partial charge in [0.15, 0.2) is 18.9 Å². The lowest BCUT2D eigenvalue weighted by Gasteiger charge is -2.48. The van der Waals surface area contributed by atoms with Crippen molar-refractivity contribution >= 4 is 5.91 Å². The van der Waals surface area contributed by atoms with Gasteiger partial charge >= 0.3 is 0 Å². The molecule has 3 fully saturated rings. The van der Waals surface area contributed by atoms with Crippen LogP contribution >= 0.6 is 0 Å². The van der Waals surface area contributed by atoms with E-state index in [-0.39, 0.29) is 12.3 Å². The van der Waals surface area contributed by atoms with E-state index in [0.29, 0.717) is 12.8 Å². The largest absolute Gasteiger partial charge is 0.394 e. The van der Waals surface area contributed by atoms with Gasteiger partial charge in [-0.3, -0.25) is 4.79 Å². The fourth-order valence-electron chi connectivity index (χ4n) is 10.8. The number of unbranched alkanes of at least 4 members (excludes halogenated alkanes) is 17. The highest BCUT2D eigenvalue weighted by Gasteiger charge is 2.53. The molecule has 3 aliphatic heterocycles. The molecule has 0 aliphatic carbocycles. The zero-order valence-electron chi connectivity index (χ0n) is 55.5. The minimum Gasteiger partial charge on any atom is -0.394 e. The Kier molecular flexibility index (Phi) is 47.8. The Morgan fingerprint density at radius 1 is 0.402 bits per heavy atom. The number of hydrogen-bond donors (Lipinski definition) is 12. The summed E-state index contributed by atoms with van der Waals surface area (Å²) in [5, 5.41) is 120. The van der Waals surface area contributed by atoms with Gasteiger partial charge in [0.1, 0.15) is 73.2 Å². The molecular weight excluding hydrogens is 1180 g/mol. The van der Waals surface area contributed by atoms with Gasteiger partial charge in [-0.15, -0.1) is 0 Å². The number of nitrogens with one attached hydrogen (secondary N) is 1. The van der Waals surface area contributed by atoms with Crippen molar-refractivity contribution < 1.29 is 89.4 Å². The highest BCUT2D eigenvalue weighted by atomic mass is 16.8. The summed E-state index contributed by atoms with van der Waals surface area (Å²) in [7, 11) is 0. The molecule has 0 radical (unpaired) electrons.